The molecule has 0 aromatic heterocycles. The van der Waals surface area contributed by atoms with Gasteiger partial charge in [0.2, 0.25) is 6.79 Å². The summed E-state index contributed by atoms with van der Waals surface area (Å²) in [6, 6.07) is 3.00. The number of anilines is 1. The Kier molecular flexibility index (Phi) is 4.01. The number of ether oxygens (including phenoxy) is 2. The maximum absolute atomic E-state index is 12.2. The van der Waals surface area contributed by atoms with E-state index in [4.69, 9.17) is 15.2 Å². The number of fused-ring (bicyclic) bond motifs is 1. The van der Waals surface area contributed by atoms with Crippen LogP contribution in [0.5, 0.6) is 11.5 Å². The molecule has 1 amide bonds. The van der Waals surface area contributed by atoms with Crippen LogP contribution < -0.4 is 20.5 Å². The number of nitrogen functional groups attached to an aromatic ring is 1. The number of nitrogens with one attached hydrogen (secondary N) is 1. The Morgan fingerprint density at radius 2 is 1.95 bits per heavy atom. The topological polar surface area (TPSA) is 114 Å². The second-order valence-corrected chi connectivity index (χ2v) is 4.70. The standard InChI is InChI=1S/C13H18N2O5/c1-2-13(5-16,6-17)15-12(18)8-3-10-11(4-9(8)14)20-7-19-10/h3-4,16-17H,2,5-7,14H2,1H3,(H,15,18). The molecule has 0 aliphatic carbocycles. The Balaban J connectivity index is 2.25. The highest BCUT2D eigenvalue weighted by Crippen LogP contribution is 2.36. The highest BCUT2D eigenvalue weighted by molar-refractivity contribution is 6.00. The zero-order valence-electron chi connectivity index (χ0n) is 11.2. The Morgan fingerprint density at radius 3 is 2.50 bits per heavy atom. The summed E-state index contributed by atoms with van der Waals surface area (Å²) in [6.07, 6.45) is 0.385. The third-order valence-electron chi connectivity index (χ3n) is 3.45. The van der Waals surface area contributed by atoms with Gasteiger partial charge in [0.15, 0.2) is 11.5 Å². The van der Waals surface area contributed by atoms with Crippen molar-refractivity contribution >= 4 is 11.6 Å². The maximum Gasteiger partial charge on any atom is 0.254 e. The number of hydrogen-bond acceptors (Lipinski definition) is 6. The molecule has 1 heterocycles. The monoisotopic (exact) mass is 282 g/mol. The summed E-state index contributed by atoms with van der Waals surface area (Å²) in [4.78, 5) is 12.2. The lowest BCUT2D eigenvalue weighted by atomic mass is 9.97. The average molecular weight is 282 g/mol. The molecular weight excluding hydrogens is 264 g/mol. The van der Waals surface area contributed by atoms with Gasteiger partial charge in [-0.05, 0) is 12.5 Å². The lowest BCUT2D eigenvalue weighted by Gasteiger charge is -2.29. The molecule has 0 saturated heterocycles. The van der Waals surface area contributed by atoms with Crippen LogP contribution in [0.15, 0.2) is 12.1 Å². The Labute approximate surface area is 116 Å². The van der Waals surface area contributed by atoms with E-state index in [0.717, 1.165) is 0 Å². The highest BCUT2D eigenvalue weighted by atomic mass is 16.7. The summed E-state index contributed by atoms with van der Waals surface area (Å²) in [6.45, 7) is 1.12. The molecule has 7 heteroatoms. The van der Waals surface area contributed by atoms with E-state index >= 15 is 0 Å². The van der Waals surface area contributed by atoms with Crippen LogP contribution in [-0.2, 0) is 0 Å². The van der Waals surface area contributed by atoms with Crippen LogP contribution in [0.4, 0.5) is 5.69 Å². The van der Waals surface area contributed by atoms with Gasteiger partial charge >= 0.3 is 0 Å². The van der Waals surface area contributed by atoms with Crippen molar-refractivity contribution in [2.45, 2.75) is 18.9 Å². The quantitative estimate of drug-likeness (QED) is 0.559. The minimum absolute atomic E-state index is 0.0893. The molecule has 5 N–H and O–H groups in total. The van der Waals surface area contributed by atoms with E-state index in [-0.39, 0.29) is 31.3 Å². The van der Waals surface area contributed by atoms with E-state index in [0.29, 0.717) is 17.9 Å². The van der Waals surface area contributed by atoms with Crippen LogP contribution in [0.25, 0.3) is 0 Å². The summed E-state index contributed by atoms with van der Waals surface area (Å²) in [5.41, 5.74) is 5.21. The first-order chi connectivity index (χ1) is 9.55. The third-order valence-corrected chi connectivity index (χ3v) is 3.45. The molecule has 110 valence electrons. The molecule has 0 fully saturated rings. The number of carbonyl (C=O) groups excluding carboxylic acids is 1. The van der Waals surface area contributed by atoms with Crippen molar-refractivity contribution in [1.82, 2.24) is 5.32 Å². The van der Waals surface area contributed by atoms with Crippen LogP contribution in [0.3, 0.4) is 0 Å². The summed E-state index contributed by atoms with van der Waals surface area (Å²) < 4.78 is 10.4. The largest absolute Gasteiger partial charge is 0.454 e. The fourth-order valence-electron chi connectivity index (χ4n) is 1.90. The molecule has 0 unspecified atom stereocenters. The van der Waals surface area contributed by atoms with Gasteiger partial charge in [-0.15, -0.1) is 0 Å². The van der Waals surface area contributed by atoms with Crippen LogP contribution in [-0.4, -0.2) is 41.7 Å². The SMILES string of the molecule is CCC(CO)(CO)NC(=O)c1cc2c(cc1N)OCO2. The molecule has 0 spiro atoms. The number of hydrogen-bond donors (Lipinski definition) is 4. The number of rotatable bonds is 5. The molecule has 1 aliphatic heterocycles. The maximum atomic E-state index is 12.2. The van der Waals surface area contributed by atoms with Gasteiger partial charge in [0, 0.05) is 11.8 Å². The van der Waals surface area contributed by atoms with Crippen molar-refractivity contribution in [3.8, 4) is 11.5 Å². The van der Waals surface area contributed by atoms with Gasteiger partial charge in [-0.1, -0.05) is 6.92 Å². The second kappa shape index (κ2) is 5.56. The number of amides is 1. The predicted octanol–water partition coefficient (Wildman–Crippen LogP) is -0.139. The van der Waals surface area contributed by atoms with Crippen molar-refractivity contribution in [2.75, 3.05) is 25.7 Å². The van der Waals surface area contributed by atoms with Crippen molar-refractivity contribution in [2.24, 2.45) is 0 Å². The summed E-state index contributed by atoms with van der Waals surface area (Å²) >= 11 is 0. The molecule has 20 heavy (non-hydrogen) atoms. The average Bonchev–Trinajstić information content (AvgIpc) is 2.91. The molecule has 0 atom stereocenters. The first-order valence-electron chi connectivity index (χ1n) is 6.28. The number of aliphatic hydroxyl groups excluding tert-OH is 2. The van der Waals surface area contributed by atoms with E-state index in [9.17, 15) is 15.0 Å². The van der Waals surface area contributed by atoms with E-state index in [2.05, 4.69) is 5.32 Å². The van der Waals surface area contributed by atoms with Crippen LogP contribution in [0.2, 0.25) is 0 Å². The van der Waals surface area contributed by atoms with Crippen molar-refractivity contribution < 1.29 is 24.5 Å². The molecule has 1 aromatic rings. The second-order valence-electron chi connectivity index (χ2n) is 4.70. The first kappa shape index (κ1) is 14.4. The number of aliphatic hydroxyl groups is 2. The molecule has 1 aliphatic rings. The summed E-state index contributed by atoms with van der Waals surface area (Å²) in [7, 11) is 0. The van der Waals surface area contributed by atoms with Crippen LogP contribution in [0, 0.1) is 0 Å². The minimum Gasteiger partial charge on any atom is -0.454 e. The molecule has 2 rings (SSSR count). The van der Waals surface area contributed by atoms with Gasteiger partial charge in [0.1, 0.15) is 0 Å². The molecule has 0 radical (unpaired) electrons. The zero-order valence-corrected chi connectivity index (χ0v) is 11.2. The van der Waals surface area contributed by atoms with Gasteiger partial charge in [-0.25, -0.2) is 0 Å². The number of carbonyl (C=O) groups is 1. The van der Waals surface area contributed by atoms with Gasteiger partial charge in [0.05, 0.1) is 24.3 Å². The normalized spacial score (nSPS) is 13.3. The predicted molar refractivity (Wildman–Crippen MR) is 71.6 cm³/mol. The smallest absolute Gasteiger partial charge is 0.254 e. The van der Waals surface area contributed by atoms with Gasteiger partial charge in [-0.2, -0.15) is 0 Å². The van der Waals surface area contributed by atoms with E-state index in [1.54, 1.807) is 6.92 Å². The van der Waals surface area contributed by atoms with Crippen molar-refractivity contribution in [1.29, 1.82) is 0 Å². The number of benzene rings is 1. The Morgan fingerprint density at radius 1 is 1.35 bits per heavy atom. The molecule has 0 bridgehead atoms. The van der Waals surface area contributed by atoms with Crippen molar-refractivity contribution in [3.63, 3.8) is 0 Å². The minimum atomic E-state index is -1.07. The van der Waals surface area contributed by atoms with E-state index in [1.165, 1.54) is 12.1 Å². The molecule has 1 aromatic carbocycles. The Bertz CT molecular complexity index is 505. The Hall–Kier alpha value is -1.99. The lowest BCUT2D eigenvalue weighted by Crippen LogP contribution is -2.53. The zero-order chi connectivity index (χ0) is 14.8. The highest BCUT2D eigenvalue weighted by Gasteiger charge is 2.30. The fraction of sp³-hybridized carbons (Fsp3) is 0.462. The van der Waals surface area contributed by atoms with Gasteiger partial charge < -0.3 is 30.7 Å². The molecule has 7 nitrogen and oxygen atoms in total. The third kappa shape index (κ3) is 2.50. The van der Waals surface area contributed by atoms with E-state index in [1.807, 2.05) is 0 Å². The summed E-state index contributed by atoms with van der Waals surface area (Å²) in [5, 5.41) is 21.3. The fourth-order valence-corrected chi connectivity index (χ4v) is 1.90. The number of nitrogens with two attached hydrogens (primary N) is 1. The van der Waals surface area contributed by atoms with Gasteiger partial charge in [-0.3, -0.25) is 4.79 Å². The first-order valence-corrected chi connectivity index (χ1v) is 6.28. The van der Waals surface area contributed by atoms with E-state index < -0.39 is 11.4 Å². The lowest BCUT2D eigenvalue weighted by molar-refractivity contribution is 0.0653. The van der Waals surface area contributed by atoms with Crippen molar-refractivity contribution in [3.05, 3.63) is 17.7 Å². The molecule has 0 saturated carbocycles. The summed E-state index contributed by atoms with van der Waals surface area (Å²) in [5.74, 6) is 0.454. The van der Waals surface area contributed by atoms with Crippen LogP contribution in [0.1, 0.15) is 23.7 Å². The van der Waals surface area contributed by atoms with Gasteiger partial charge in [0.25, 0.3) is 5.91 Å². The van der Waals surface area contributed by atoms with Crippen LogP contribution >= 0.6 is 0 Å². The molecular formula is C13H18N2O5.